The number of nitrogens with one attached hydrogen (secondary N) is 1. The Bertz CT molecular complexity index is 617. The van der Waals surface area contributed by atoms with E-state index in [-0.39, 0.29) is 17.6 Å². The first-order chi connectivity index (χ1) is 11.4. The Hall–Kier alpha value is -1.29. The van der Waals surface area contributed by atoms with Gasteiger partial charge in [-0.05, 0) is 52.1 Å². The molecule has 24 heavy (non-hydrogen) atoms. The Kier molecular flexibility index (Phi) is 5.05. The second-order valence-electron chi connectivity index (χ2n) is 7.80. The van der Waals surface area contributed by atoms with E-state index in [4.69, 9.17) is 0 Å². The number of hydrogen-bond acceptors (Lipinski definition) is 2. The maximum absolute atomic E-state index is 11.0. The van der Waals surface area contributed by atoms with Crippen molar-refractivity contribution in [1.29, 1.82) is 0 Å². The largest absolute Gasteiger partial charge is 0.391 e. The van der Waals surface area contributed by atoms with Gasteiger partial charge in [-0.15, -0.1) is 0 Å². The van der Waals surface area contributed by atoms with E-state index in [1.807, 2.05) is 0 Å². The molecule has 1 saturated heterocycles. The zero-order valence-corrected chi connectivity index (χ0v) is 15.7. The van der Waals surface area contributed by atoms with E-state index in [1.165, 1.54) is 9.79 Å². The molecular weight excluding hydrogens is 314 g/mol. The zero-order chi connectivity index (χ0) is 17.2. The summed E-state index contributed by atoms with van der Waals surface area (Å²) in [7, 11) is -1.26. The minimum absolute atomic E-state index is 0.194. The van der Waals surface area contributed by atoms with Crippen LogP contribution in [0.1, 0.15) is 20.3 Å². The Morgan fingerprint density at radius 1 is 1.04 bits per heavy atom. The molecule has 3 heteroatoms. The van der Waals surface area contributed by atoms with Crippen LogP contribution in [0.3, 0.4) is 0 Å². The molecule has 1 aliphatic heterocycles. The maximum atomic E-state index is 11.0. The van der Waals surface area contributed by atoms with Crippen molar-refractivity contribution in [3.8, 4) is 0 Å². The number of benzene rings is 2. The Morgan fingerprint density at radius 2 is 1.54 bits per heavy atom. The van der Waals surface area contributed by atoms with Gasteiger partial charge < -0.3 is 10.4 Å². The Morgan fingerprint density at radius 3 is 1.96 bits per heavy atom. The predicted octanol–water partition coefficient (Wildman–Crippen LogP) is 4.29. The molecule has 1 heterocycles. The Labute approximate surface area is 147 Å². The molecule has 0 aromatic heterocycles. The van der Waals surface area contributed by atoms with Gasteiger partial charge >= 0.3 is 0 Å². The highest BCUT2D eigenvalue weighted by Gasteiger charge is 2.37. The first kappa shape index (κ1) is 17.5. The van der Waals surface area contributed by atoms with Gasteiger partial charge in [0.05, 0.1) is 6.10 Å². The molecule has 2 atom stereocenters. The standard InChI is InChI=1S/C21H29NOS/c1-21(2)14-19(22-16-21)20(23)15-24(3,17-10-6-4-7-11-17)18-12-8-5-9-13-18/h4-13,19-20,22-23H,14-16H2,1-3H3/t19-,20+/m0/s1. The highest BCUT2D eigenvalue weighted by Crippen LogP contribution is 2.60. The molecule has 3 rings (SSSR count). The van der Waals surface area contributed by atoms with E-state index >= 15 is 0 Å². The molecule has 2 aromatic rings. The molecule has 1 aliphatic rings. The lowest BCUT2D eigenvalue weighted by Gasteiger charge is -2.40. The van der Waals surface area contributed by atoms with Gasteiger partial charge in [-0.25, -0.2) is 0 Å². The average Bonchev–Trinajstić information content (AvgIpc) is 2.96. The van der Waals surface area contributed by atoms with Crippen molar-refractivity contribution < 1.29 is 5.11 Å². The van der Waals surface area contributed by atoms with Gasteiger partial charge in [0.2, 0.25) is 0 Å². The maximum Gasteiger partial charge on any atom is 0.0775 e. The fourth-order valence-corrected chi connectivity index (χ4v) is 6.74. The smallest absolute Gasteiger partial charge is 0.0775 e. The first-order valence-corrected chi connectivity index (χ1v) is 10.9. The van der Waals surface area contributed by atoms with Crippen LogP contribution in [-0.4, -0.2) is 35.8 Å². The summed E-state index contributed by atoms with van der Waals surface area (Å²) in [6.07, 6.45) is 3.04. The van der Waals surface area contributed by atoms with Gasteiger partial charge in [-0.3, -0.25) is 0 Å². The van der Waals surface area contributed by atoms with Crippen LogP contribution >= 0.6 is 10.0 Å². The summed E-state index contributed by atoms with van der Waals surface area (Å²) in [5, 5.41) is 14.5. The third-order valence-electron chi connectivity index (χ3n) is 5.11. The van der Waals surface area contributed by atoms with E-state index in [0.717, 1.165) is 18.7 Å². The quantitative estimate of drug-likeness (QED) is 0.849. The van der Waals surface area contributed by atoms with Gasteiger partial charge in [-0.1, -0.05) is 50.2 Å². The van der Waals surface area contributed by atoms with Crippen molar-refractivity contribution in [2.45, 2.75) is 42.2 Å². The monoisotopic (exact) mass is 343 g/mol. The molecule has 0 spiro atoms. The number of rotatable bonds is 5. The van der Waals surface area contributed by atoms with E-state index < -0.39 is 10.0 Å². The van der Waals surface area contributed by atoms with Gasteiger partial charge in [0.25, 0.3) is 0 Å². The van der Waals surface area contributed by atoms with Crippen LogP contribution in [0.2, 0.25) is 0 Å². The van der Waals surface area contributed by atoms with Crippen molar-refractivity contribution in [3.05, 3.63) is 60.7 Å². The summed E-state index contributed by atoms with van der Waals surface area (Å²) < 4.78 is 0. The van der Waals surface area contributed by atoms with Crippen molar-refractivity contribution in [2.75, 3.05) is 18.6 Å². The van der Waals surface area contributed by atoms with Crippen LogP contribution in [0.4, 0.5) is 0 Å². The highest BCUT2D eigenvalue weighted by molar-refractivity contribution is 8.33. The van der Waals surface area contributed by atoms with Gasteiger partial charge in [0.1, 0.15) is 0 Å². The molecule has 0 unspecified atom stereocenters. The fraction of sp³-hybridized carbons (Fsp3) is 0.429. The minimum Gasteiger partial charge on any atom is -0.391 e. The van der Waals surface area contributed by atoms with Crippen LogP contribution in [0, 0.1) is 5.41 Å². The zero-order valence-electron chi connectivity index (χ0n) is 14.9. The molecule has 0 radical (unpaired) electrons. The summed E-state index contributed by atoms with van der Waals surface area (Å²) in [5.74, 6) is 0.800. The molecule has 0 saturated carbocycles. The van der Waals surface area contributed by atoms with Gasteiger partial charge in [-0.2, -0.15) is 10.0 Å². The minimum atomic E-state index is -1.26. The lowest BCUT2D eigenvalue weighted by Crippen LogP contribution is -2.38. The third kappa shape index (κ3) is 3.69. The van der Waals surface area contributed by atoms with Crippen LogP contribution in [-0.2, 0) is 0 Å². The highest BCUT2D eigenvalue weighted by atomic mass is 32.3. The number of aliphatic hydroxyl groups excluding tert-OH is 1. The van der Waals surface area contributed by atoms with Gasteiger partial charge in [0.15, 0.2) is 0 Å². The van der Waals surface area contributed by atoms with Crippen LogP contribution < -0.4 is 5.32 Å². The molecule has 2 aromatic carbocycles. The lowest BCUT2D eigenvalue weighted by atomic mass is 9.89. The molecule has 0 bridgehead atoms. The number of hydrogen-bond donors (Lipinski definition) is 2. The number of aliphatic hydroxyl groups is 1. The van der Waals surface area contributed by atoms with Crippen molar-refractivity contribution in [3.63, 3.8) is 0 Å². The second kappa shape index (κ2) is 6.91. The normalized spacial score (nSPS) is 22.2. The molecule has 0 aliphatic carbocycles. The summed E-state index contributed by atoms with van der Waals surface area (Å²) >= 11 is 0. The third-order valence-corrected chi connectivity index (χ3v) is 8.74. The topological polar surface area (TPSA) is 32.3 Å². The Balaban J connectivity index is 1.89. The second-order valence-corrected chi connectivity index (χ2v) is 11.3. The molecule has 2 N–H and O–H groups in total. The van der Waals surface area contributed by atoms with E-state index in [1.54, 1.807) is 0 Å². The fourth-order valence-electron chi connectivity index (χ4n) is 3.65. The van der Waals surface area contributed by atoms with Crippen molar-refractivity contribution >= 4 is 10.0 Å². The van der Waals surface area contributed by atoms with Crippen molar-refractivity contribution in [1.82, 2.24) is 5.32 Å². The van der Waals surface area contributed by atoms with E-state index in [0.29, 0.717) is 0 Å². The molecule has 0 amide bonds. The van der Waals surface area contributed by atoms with Crippen LogP contribution in [0.15, 0.2) is 70.5 Å². The van der Waals surface area contributed by atoms with E-state index in [2.05, 4.69) is 86.1 Å². The first-order valence-electron chi connectivity index (χ1n) is 8.68. The van der Waals surface area contributed by atoms with Crippen LogP contribution in [0.25, 0.3) is 0 Å². The summed E-state index contributed by atoms with van der Waals surface area (Å²) in [5.41, 5.74) is 0.275. The van der Waals surface area contributed by atoms with Crippen LogP contribution in [0.5, 0.6) is 0 Å². The molecule has 1 fully saturated rings. The predicted molar refractivity (Wildman–Crippen MR) is 104 cm³/mol. The van der Waals surface area contributed by atoms with E-state index in [9.17, 15) is 5.11 Å². The summed E-state index contributed by atoms with van der Waals surface area (Å²) in [6.45, 7) is 5.53. The summed E-state index contributed by atoms with van der Waals surface area (Å²) in [6, 6.07) is 21.6. The molecule has 130 valence electrons. The SMILES string of the molecule is CC1(C)CN[C@H]([C@H](O)CS(C)(c2ccccc2)c2ccccc2)C1. The van der Waals surface area contributed by atoms with Gasteiger partial charge in [0, 0.05) is 18.3 Å². The van der Waals surface area contributed by atoms with Crippen molar-refractivity contribution in [2.24, 2.45) is 5.41 Å². The summed E-state index contributed by atoms with van der Waals surface area (Å²) in [4.78, 5) is 2.68. The molecular formula is C21H29NOS. The average molecular weight is 344 g/mol. The lowest BCUT2D eigenvalue weighted by molar-refractivity contribution is 0.153. The molecule has 2 nitrogen and oxygen atoms in total.